The number of fused-ring (bicyclic) bond motifs is 1. The summed E-state index contributed by atoms with van der Waals surface area (Å²) in [4.78, 5) is 29.7. The summed E-state index contributed by atoms with van der Waals surface area (Å²) in [7, 11) is 0. The normalized spacial score (nSPS) is 43.7. The number of amidine groups is 1. The van der Waals surface area contributed by atoms with Crippen LogP contribution in [0.4, 0.5) is 9.59 Å². The number of nitrogens with one attached hydrogen (secondary N) is 2. The summed E-state index contributed by atoms with van der Waals surface area (Å²) in [6.07, 6.45) is -3.16. The van der Waals surface area contributed by atoms with E-state index in [2.05, 4.69) is 5.32 Å². The van der Waals surface area contributed by atoms with E-state index < -0.39 is 73.7 Å². The molecule has 32 heavy (non-hydrogen) atoms. The van der Waals surface area contributed by atoms with Gasteiger partial charge in [0.1, 0.15) is 36.3 Å². The zero-order valence-corrected chi connectivity index (χ0v) is 16.9. The molecule has 0 spiro atoms. The second-order valence-electron chi connectivity index (χ2n) is 8.54. The van der Waals surface area contributed by atoms with Gasteiger partial charge in [-0.2, -0.15) is 0 Å². The van der Waals surface area contributed by atoms with Crippen LogP contribution in [0, 0.1) is 5.41 Å². The molecule has 5 rings (SSSR count). The van der Waals surface area contributed by atoms with Gasteiger partial charge in [0.25, 0.3) is 0 Å². The summed E-state index contributed by atoms with van der Waals surface area (Å²) in [6, 6.07) is -3.47. The van der Waals surface area contributed by atoms with Gasteiger partial charge in [0.15, 0.2) is 0 Å². The van der Waals surface area contributed by atoms with E-state index in [-0.39, 0.29) is 25.3 Å². The van der Waals surface area contributed by atoms with E-state index in [4.69, 9.17) is 20.6 Å². The number of hydrogen-bond donors (Lipinski definition) is 7. The molecule has 0 aromatic heterocycles. The highest BCUT2D eigenvalue weighted by Crippen LogP contribution is 2.45. The van der Waals surface area contributed by atoms with Gasteiger partial charge >= 0.3 is 12.1 Å². The van der Waals surface area contributed by atoms with Crippen LogP contribution in [-0.2, 0) is 9.47 Å². The van der Waals surface area contributed by atoms with Gasteiger partial charge in [-0.25, -0.2) is 9.59 Å². The summed E-state index contributed by atoms with van der Waals surface area (Å²) in [5.41, 5.74) is 6.23. The third kappa shape index (κ3) is 2.95. The monoisotopic (exact) mass is 454 g/mol. The molecule has 0 bridgehead atoms. The van der Waals surface area contributed by atoms with Gasteiger partial charge in [-0.05, 0) is 6.08 Å². The first kappa shape index (κ1) is 21.5. The minimum absolute atomic E-state index is 0.0505. The van der Waals surface area contributed by atoms with Crippen molar-refractivity contribution in [3.8, 4) is 0 Å². The van der Waals surface area contributed by atoms with Gasteiger partial charge in [-0.15, -0.1) is 0 Å². The van der Waals surface area contributed by atoms with E-state index in [9.17, 15) is 30.0 Å². The second-order valence-corrected chi connectivity index (χ2v) is 8.54. The van der Waals surface area contributed by atoms with E-state index in [0.29, 0.717) is 5.82 Å². The Kier molecular flexibility index (Phi) is 5.12. The predicted octanol–water partition coefficient (Wildman–Crippen LogP) is -3.42. The standard InChI is InChI=1S/C18H26N6O8/c19-14-15(24(17(29)21-16(14)20)13-3-8(28)10(5-26)32-13)6-1-11-22(6)18(30)23(11)12-2-7(27)9(4-25)31-12/h1,6-10,12-15,25-28H,2-5,19H2,(H2,20,21,29)/t6?,7-,8-,9+,10+,12+,13+,14?,15?/m0/s1. The first-order valence-electron chi connectivity index (χ1n) is 10.4. The number of ether oxygens (including phenoxy) is 2. The van der Waals surface area contributed by atoms with Crippen molar-refractivity contribution in [2.75, 3.05) is 13.2 Å². The van der Waals surface area contributed by atoms with Crippen LogP contribution in [0.2, 0.25) is 0 Å². The Morgan fingerprint density at radius 3 is 2.22 bits per heavy atom. The van der Waals surface area contributed by atoms with Crippen LogP contribution in [0.5, 0.6) is 0 Å². The van der Waals surface area contributed by atoms with Crippen LogP contribution in [0.1, 0.15) is 12.8 Å². The van der Waals surface area contributed by atoms with E-state index in [0.717, 1.165) is 0 Å². The third-order valence-electron chi connectivity index (χ3n) is 6.74. The van der Waals surface area contributed by atoms with Gasteiger partial charge in [0.05, 0.1) is 43.5 Å². The van der Waals surface area contributed by atoms with Gasteiger partial charge in [0, 0.05) is 12.8 Å². The Balaban J connectivity index is 1.38. The number of aliphatic hydroxyl groups excluding tert-OH is 4. The summed E-state index contributed by atoms with van der Waals surface area (Å²) in [6.45, 7) is -0.787. The molecule has 4 fully saturated rings. The van der Waals surface area contributed by atoms with Crippen LogP contribution < -0.4 is 11.1 Å². The maximum atomic E-state index is 12.9. The van der Waals surface area contributed by atoms with Crippen molar-refractivity contribution in [2.24, 2.45) is 5.73 Å². The number of urea groups is 2. The number of nitrogens with zero attached hydrogens (tertiary/aromatic N) is 3. The van der Waals surface area contributed by atoms with Crippen LogP contribution in [-0.4, -0.2) is 121 Å². The first-order valence-corrected chi connectivity index (χ1v) is 10.4. The number of carbonyl (C=O) groups excluding carboxylic acids is 2. The zero-order chi connectivity index (χ0) is 22.9. The smallest absolute Gasteiger partial charge is 0.334 e. The average molecular weight is 454 g/mol. The molecule has 0 aromatic carbocycles. The lowest BCUT2D eigenvalue weighted by Gasteiger charge is -2.59. The molecule has 5 aliphatic rings. The molecular weight excluding hydrogens is 428 g/mol. The topological polar surface area (TPSA) is 205 Å². The Bertz CT molecular complexity index is 870. The molecule has 5 aliphatic heterocycles. The highest BCUT2D eigenvalue weighted by atomic mass is 16.6. The maximum absolute atomic E-state index is 12.9. The van der Waals surface area contributed by atoms with E-state index >= 15 is 0 Å². The fourth-order valence-electron chi connectivity index (χ4n) is 5.02. The van der Waals surface area contributed by atoms with Gasteiger partial charge < -0.3 is 35.6 Å². The molecular formula is C18H26N6O8. The van der Waals surface area contributed by atoms with Gasteiger partial charge in [-0.1, -0.05) is 0 Å². The molecule has 9 atom stereocenters. The summed E-state index contributed by atoms with van der Waals surface area (Å²) in [5.74, 6) is 0.328. The quantitative estimate of drug-likeness (QED) is 0.220. The highest BCUT2D eigenvalue weighted by Gasteiger charge is 2.61. The first-order chi connectivity index (χ1) is 15.3. The van der Waals surface area contributed by atoms with Gasteiger partial charge in [0.2, 0.25) is 0 Å². The minimum atomic E-state index is -0.977. The molecule has 176 valence electrons. The summed E-state index contributed by atoms with van der Waals surface area (Å²) >= 11 is 0. The van der Waals surface area contributed by atoms with E-state index in [1.165, 1.54) is 14.7 Å². The molecule has 0 aromatic rings. The Morgan fingerprint density at radius 2 is 1.66 bits per heavy atom. The molecule has 14 nitrogen and oxygen atoms in total. The molecule has 3 unspecified atom stereocenters. The Hall–Kier alpha value is -2.33. The molecule has 4 saturated heterocycles. The van der Waals surface area contributed by atoms with Crippen molar-refractivity contribution in [2.45, 2.75) is 67.8 Å². The maximum Gasteiger partial charge on any atom is 0.334 e. The minimum Gasteiger partial charge on any atom is -0.394 e. The van der Waals surface area contributed by atoms with Crippen LogP contribution in [0.25, 0.3) is 0 Å². The fraction of sp³-hybridized carbons (Fsp3) is 0.722. The lowest BCUT2D eigenvalue weighted by atomic mass is 9.88. The SMILES string of the molecule is N=C1NC(=O)N([C@H]2C[C@H](O)[C@@H](CO)O2)C(C2C=C3N2C(=O)N3[C@H]2C[C@H](O)[C@@H](CO)O2)C1N. The predicted molar refractivity (Wildman–Crippen MR) is 104 cm³/mol. The van der Waals surface area contributed by atoms with Crippen LogP contribution in [0.3, 0.4) is 0 Å². The van der Waals surface area contributed by atoms with Crippen molar-refractivity contribution in [3.05, 3.63) is 11.9 Å². The van der Waals surface area contributed by atoms with Crippen molar-refractivity contribution in [3.63, 3.8) is 0 Å². The largest absolute Gasteiger partial charge is 0.394 e. The molecule has 0 radical (unpaired) electrons. The van der Waals surface area contributed by atoms with Crippen molar-refractivity contribution in [1.29, 1.82) is 5.41 Å². The van der Waals surface area contributed by atoms with Gasteiger partial charge in [-0.3, -0.25) is 25.4 Å². The fourth-order valence-corrected chi connectivity index (χ4v) is 5.02. The molecule has 4 amide bonds. The lowest BCUT2D eigenvalue weighted by Crippen LogP contribution is -2.78. The molecule has 0 aliphatic carbocycles. The Labute approximate surface area is 182 Å². The number of carbonyl (C=O) groups is 2. The average Bonchev–Trinajstić information content (AvgIpc) is 3.28. The third-order valence-corrected chi connectivity index (χ3v) is 6.74. The van der Waals surface area contributed by atoms with Crippen LogP contribution >= 0.6 is 0 Å². The Morgan fingerprint density at radius 1 is 1.06 bits per heavy atom. The zero-order valence-electron chi connectivity index (χ0n) is 16.9. The molecule has 8 N–H and O–H groups in total. The number of rotatable bonds is 5. The second kappa shape index (κ2) is 7.62. The van der Waals surface area contributed by atoms with E-state index in [1.807, 2.05) is 0 Å². The summed E-state index contributed by atoms with van der Waals surface area (Å²) in [5, 5.41) is 49.1. The summed E-state index contributed by atoms with van der Waals surface area (Å²) < 4.78 is 11.2. The number of amides is 4. The van der Waals surface area contributed by atoms with Crippen LogP contribution in [0.15, 0.2) is 11.9 Å². The number of nitrogens with two attached hydrogens (primary N) is 1. The van der Waals surface area contributed by atoms with Crippen molar-refractivity contribution >= 4 is 17.9 Å². The van der Waals surface area contributed by atoms with E-state index in [1.54, 1.807) is 6.08 Å². The van der Waals surface area contributed by atoms with Crippen molar-refractivity contribution in [1.82, 2.24) is 20.0 Å². The highest BCUT2D eigenvalue weighted by molar-refractivity contribution is 6.02. The molecule has 14 heteroatoms. The number of hydrogen-bond acceptors (Lipinski definition) is 10. The number of aliphatic hydroxyl groups is 4. The molecule has 0 saturated carbocycles. The van der Waals surface area contributed by atoms with Crippen molar-refractivity contribution < 1.29 is 39.5 Å². The molecule has 5 heterocycles. The lowest BCUT2D eigenvalue weighted by molar-refractivity contribution is -0.105.